The first-order valence-electron chi connectivity index (χ1n) is 11.5. The Morgan fingerprint density at radius 1 is 1.16 bits per heavy atom. The van der Waals surface area contributed by atoms with Crippen molar-refractivity contribution in [1.29, 1.82) is 0 Å². The van der Waals surface area contributed by atoms with Gasteiger partial charge in [-0.3, -0.25) is 5.32 Å². The number of ether oxygens (including phenoxy) is 4. The molecule has 1 aromatic heterocycles. The SMILES string of the molecule is COc1cc(Nc2ncc(F)c(N=C3CC=C4OC=CC(NC(=O)OC(C)(C)C)=C4C3)n2)cc(OC)c1. The number of nitrogens with zero attached hydrogens (tertiary/aromatic N) is 3. The average Bonchev–Trinajstić information content (AvgIpc) is 2.85. The fraction of sp³-hybridized carbons (Fsp3) is 0.308. The van der Waals surface area contributed by atoms with E-state index in [2.05, 4.69) is 25.6 Å². The standard InChI is InChI=1S/C26H28FN5O5/c1-26(2,3)37-25(33)31-21-8-9-36-22-7-6-15(12-19(21)22)29-23-20(27)14-28-24(32-23)30-16-10-17(34-4)13-18(11-16)35-5/h7-11,13-14H,6,12H2,1-5H3,(H,31,33)(H,28,30,32). The maximum absolute atomic E-state index is 14.6. The van der Waals surface area contributed by atoms with Crippen molar-refractivity contribution in [2.24, 2.45) is 4.99 Å². The predicted octanol–water partition coefficient (Wildman–Crippen LogP) is 5.45. The van der Waals surface area contributed by atoms with Gasteiger partial charge in [0.05, 0.1) is 32.4 Å². The number of hydrogen-bond donors (Lipinski definition) is 2. The van der Waals surface area contributed by atoms with Crippen LogP contribution in [0.5, 0.6) is 11.5 Å². The number of allylic oxidation sites excluding steroid dienone is 3. The molecule has 10 nitrogen and oxygen atoms in total. The fourth-order valence-electron chi connectivity index (χ4n) is 3.59. The molecule has 0 saturated carbocycles. The van der Waals surface area contributed by atoms with E-state index in [9.17, 15) is 9.18 Å². The van der Waals surface area contributed by atoms with E-state index in [1.807, 2.05) is 6.08 Å². The third-order valence-electron chi connectivity index (χ3n) is 5.19. The quantitative estimate of drug-likeness (QED) is 0.528. The van der Waals surface area contributed by atoms with Crippen LogP contribution in [0.3, 0.4) is 0 Å². The summed E-state index contributed by atoms with van der Waals surface area (Å²) in [5.41, 5.74) is 1.81. The zero-order chi connectivity index (χ0) is 26.6. The highest BCUT2D eigenvalue weighted by Gasteiger charge is 2.25. The van der Waals surface area contributed by atoms with Crippen molar-refractivity contribution in [3.8, 4) is 11.5 Å². The van der Waals surface area contributed by atoms with Gasteiger partial charge in [-0.1, -0.05) is 0 Å². The lowest BCUT2D eigenvalue weighted by Gasteiger charge is -2.25. The van der Waals surface area contributed by atoms with Gasteiger partial charge < -0.3 is 24.3 Å². The second-order valence-electron chi connectivity index (χ2n) is 9.16. The Hall–Kier alpha value is -4.41. The maximum atomic E-state index is 14.6. The van der Waals surface area contributed by atoms with Crippen LogP contribution < -0.4 is 20.1 Å². The molecule has 1 aromatic carbocycles. The van der Waals surface area contributed by atoms with Crippen LogP contribution >= 0.6 is 0 Å². The number of anilines is 2. The highest BCUT2D eigenvalue weighted by molar-refractivity contribution is 5.92. The summed E-state index contributed by atoms with van der Waals surface area (Å²) in [7, 11) is 3.09. The Labute approximate surface area is 213 Å². The van der Waals surface area contributed by atoms with E-state index in [1.165, 1.54) is 6.26 Å². The molecule has 0 spiro atoms. The zero-order valence-corrected chi connectivity index (χ0v) is 21.2. The van der Waals surface area contributed by atoms with Gasteiger partial charge in [0.1, 0.15) is 22.9 Å². The normalized spacial score (nSPS) is 15.9. The Morgan fingerprint density at radius 3 is 2.57 bits per heavy atom. The molecule has 2 heterocycles. The van der Waals surface area contributed by atoms with Crippen molar-refractivity contribution < 1.29 is 28.1 Å². The highest BCUT2D eigenvalue weighted by atomic mass is 19.1. The number of halogens is 1. The number of nitrogens with one attached hydrogen (secondary N) is 2. The van der Waals surface area contributed by atoms with Crippen molar-refractivity contribution in [3.63, 3.8) is 0 Å². The molecule has 2 aliphatic rings. The monoisotopic (exact) mass is 509 g/mol. The summed E-state index contributed by atoms with van der Waals surface area (Å²) in [5, 5.41) is 5.77. The fourth-order valence-corrected chi connectivity index (χ4v) is 3.59. The Morgan fingerprint density at radius 2 is 1.89 bits per heavy atom. The van der Waals surface area contributed by atoms with Gasteiger partial charge in [0, 0.05) is 48.0 Å². The van der Waals surface area contributed by atoms with Crippen molar-refractivity contribution in [2.45, 2.75) is 39.2 Å². The minimum atomic E-state index is -0.670. The van der Waals surface area contributed by atoms with Gasteiger partial charge >= 0.3 is 6.09 Å². The van der Waals surface area contributed by atoms with Crippen LogP contribution in [0, 0.1) is 5.82 Å². The van der Waals surface area contributed by atoms with Crippen LogP contribution in [0.1, 0.15) is 33.6 Å². The molecule has 0 unspecified atom stereocenters. The van der Waals surface area contributed by atoms with Crippen LogP contribution in [-0.2, 0) is 9.47 Å². The molecule has 37 heavy (non-hydrogen) atoms. The van der Waals surface area contributed by atoms with Crippen LogP contribution in [0.4, 0.5) is 26.6 Å². The van der Waals surface area contributed by atoms with Crippen molar-refractivity contribution in [1.82, 2.24) is 15.3 Å². The maximum Gasteiger partial charge on any atom is 0.412 e. The summed E-state index contributed by atoms with van der Waals surface area (Å²) in [6, 6.07) is 5.19. The summed E-state index contributed by atoms with van der Waals surface area (Å²) in [4.78, 5) is 25.0. The molecule has 4 rings (SSSR count). The van der Waals surface area contributed by atoms with Crippen LogP contribution in [0.2, 0.25) is 0 Å². The summed E-state index contributed by atoms with van der Waals surface area (Å²) in [5.74, 6) is 1.11. The van der Waals surface area contributed by atoms with Crippen molar-refractivity contribution in [3.05, 3.63) is 65.7 Å². The number of aromatic nitrogens is 2. The first kappa shape index (κ1) is 25.7. The first-order chi connectivity index (χ1) is 17.6. The summed E-state index contributed by atoms with van der Waals surface area (Å²) >= 11 is 0. The number of rotatable bonds is 6. The molecule has 11 heteroatoms. The van der Waals surface area contributed by atoms with Gasteiger partial charge in [-0.15, -0.1) is 0 Å². The molecule has 194 valence electrons. The third kappa shape index (κ3) is 6.63. The van der Waals surface area contributed by atoms with E-state index in [0.29, 0.717) is 52.8 Å². The molecule has 0 atom stereocenters. The number of aliphatic imine (C=N–C) groups is 1. The number of fused-ring (bicyclic) bond motifs is 1. The van der Waals surface area contributed by atoms with Crippen molar-refractivity contribution in [2.75, 3.05) is 19.5 Å². The summed E-state index contributed by atoms with van der Waals surface area (Å²) < 4.78 is 36.1. The topological polar surface area (TPSA) is 116 Å². The largest absolute Gasteiger partial charge is 0.497 e. The van der Waals surface area contributed by atoms with Gasteiger partial charge in [0.25, 0.3) is 0 Å². The number of hydrogen-bond acceptors (Lipinski definition) is 9. The molecule has 0 saturated heterocycles. The van der Waals surface area contributed by atoms with E-state index in [0.717, 1.165) is 6.20 Å². The smallest absolute Gasteiger partial charge is 0.412 e. The number of amides is 1. The predicted molar refractivity (Wildman–Crippen MR) is 136 cm³/mol. The lowest BCUT2D eigenvalue weighted by molar-refractivity contribution is 0.0546. The number of carbonyl (C=O) groups is 1. The van der Waals surface area contributed by atoms with Crippen LogP contribution in [-0.4, -0.2) is 41.6 Å². The Bertz CT molecular complexity index is 1300. The molecule has 1 aliphatic heterocycles. The van der Waals surface area contributed by atoms with Gasteiger partial charge in [0.15, 0.2) is 11.6 Å². The minimum absolute atomic E-state index is 0.117. The van der Waals surface area contributed by atoms with Gasteiger partial charge in [-0.25, -0.2) is 19.2 Å². The summed E-state index contributed by atoms with van der Waals surface area (Å²) in [6.45, 7) is 5.35. The van der Waals surface area contributed by atoms with Crippen LogP contribution in [0.15, 0.2) is 64.8 Å². The molecule has 2 aromatic rings. The number of carbonyl (C=O) groups excluding carboxylic acids is 1. The molecular weight excluding hydrogens is 481 g/mol. The highest BCUT2D eigenvalue weighted by Crippen LogP contribution is 2.32. The van der Waals surface area contributed by atoms with E-state index >= 15 is 0 Å². The minimum Gasteiger partial charge on any atom is -0.497 e. The Balaban J connectivity index is 1.57. The molecule has 0 fully saturated rings. The van der Waals surface area contributed by atoms with Crippen molar-refractivity contribution >= 4 is 29.3 Å². The van der Waals surface area contributed by atoms with E-state index in [-0.39, 0.29) is 11.8 Å². The molecule has 0 radical (unpaired) electrons. The van der Waals surface area contributed by atoms with Gasteiger partial charge in [0.2, 0.25) is 5.95 Å². The molecule has 2 N–H and O–H groups in total. The molecule has 1 aliphatic carbocycles. The third-order valence-corrected chi connectivity index (χ3v) is 5.19. The lowest BCUT2D eigenvalue weighted by atomic mass is 9.95. The lowest BCUT2D eigenvalue weighted by Crippen LogP contribution is -2.33. The van der Waals surface area contributed by atoms with E-state index in [4.69, 9.17) is 18.9 Å². The molecule has 1 amide bonds. The average molecular weight is 510 g/mol. The second-order valence-corrected chi connectivity index (χ2v) is 9.16. The summed E-state index contributed by atoms with van der Waals surface area (Å²) in [6.07, 6.45) is 6.15. The number of alkyl carbamates (subject to hydrolysis) is 1. The second kappa shape index (κ2) is 10.7. The van der Waals surface area contributed by atoms with Crippen LogP contribution in [0.25, 0.3) is 0 Å². The zero-order valence-electron chi connectivity index (χ0n) is 21.2. The van der Waals surface area contributed by atoms with Gasteiger partial charge in [-0.2, -0.15) is 4.98 Å². The number of benzene rings is 1. The van der Waals surface area contributed by atoms with E-state index in [1.54, 1.807) is 59.3 Å². The molecule has 0 bridgehead atoms. The number of methoxy groups -OCH3 is 2. The Kier molecular flexibility index (Phi) is 7.42. The molecular formula is C26H28FN5O5. The first-order valence-corrected chi connectivity index (χ1v) is 11.5. The van der Waals surface area contributed by atoms with E-state index < -0.39 is 17.5 Å². The van der Waals surface area contributed by atoms with Gasteiger partial charge in [-0.05, 0) is 32.9 Å².